The SMILES string of the molecule is CC(C)c1ccc(OCC(=O)NNC(=O)CCCCCCCC(=O)NNC(=O)COc2ccc(C(C)C)cc2Br)c(Br)c1. The van der Waals surface area contributed by atoms with Gasteiger partial charge in [0.1, 0.15) is 11.5 Å². The van der Waals surface area contributed by atoms with Crippen LogP contribution in [0.15, 0.2) is 45.3 Å². The van der Waals surface area contributed by atoms with E-state index in [-0.39, 0.29) is 37.9 Å². The van der Waals surface area contributed by atoms with E-state index in [1.54, 1.807) is 12.1 Å². The van der Waals surface area contributed by atoms with Crippen molar-refractivity contribution in [3.63, 3.8) is 0 Å². The topological polar surface area (TPSA) is 135 Å². The summed E-state index contributed by atoms with van der Waals surface area (Å²) in [5.74, 6) is 0.379. The molecule has 10 nitrogen and oxygen atoms in total. The van der Waals surface area contributed by atoms with Crippen molar-refractivity contribution in [2.45, 2.75) is 84.5 Å². The summed E-state index contributed by atoms with van der Waals surface area (Å²) in [6.07, 6.45) is 4.35. The lowest BCUT2D eigenvalue weighted by molar-refractivity contribution is -0.130. The van der Waals surface area contributed by atoms with Crippen LogP contribution in [0.3, 0.4) is 0 Å². The van der Waals surface area contributed by atoms with Crippen LogP contribution in [-0.4, -0.2) is 36.8 Å². The lowest BCUT2D eigenvalue weighted by Gasteiger charge is -2.12. The van der Waals surface area contributed by atoms with E-state index in [0.717, 1.165) is 39.3 Å². The number of hydrogen-bond donors (Lipinski definition) is 4. The molecule has 0 aliphatic rings. The lowest BCUT2D eigenvalue weighted by Crippen LogP contribution is -2.43. The predicted molar refractivity (Wildman–Crippen MR) is 172 cm³/mol. The number of amides is 4. The predicted octanol–water partition coefficient (Wildman–Crippen LogP) is 5.94. The molecule has 236 valence electrons. The number of halogens is 2. The molecule has 0 spiro atoms. The fourth-order valence-corrected chi connectivity index (χ4v) is 4.87. The van der Waals surface area contributed by atoms with Crippen molar-refractivity contribution in [1.29, 1.82) is 0 Å². The first kappa shape index (κ1) is 36.1. The number of hydrogen-bond acceptors (Lipinski definition) is 6. The normalized spacial score (nSPS) is 10.8. The number of hydrazine groups is 2. The van der Waals surface area contributed by atoms with Gasteiger partial charge in [0.15, 0.2) is 13.2 Å². The molecule has 4 amide bonds. The van der Waals surface area contributed by atoms with Gasteiger partial charge in [-0.15, -0.1) is 0 Å². The van der Waals surface area contributed by atoms with Crippen LogP contribution in [0.5, 0.6) is 11.5 Å². The molecular weight excluding hydrogens is 684 g/mol. The van der Waals surface area contributed by atoms with Crippen molar-refractivity contribution in [3.05, 3.63) is 56.5 Å². The summed E-state index contributed by atoms with van der Waals surface area (Å²) in [5.41, 5.74) is 11.8. The zero-order valence-corrected chi connectivity index (χ0v) is 28.4. The minimum atomic E-state index is -0.459. The minimum Gasteiger partial charge on any atom is -0.483 e. The molecule has 0 radical (unpaired) electrons. The summed E-state index contributed by atoms with van der Waals surface area (Å²) < 4.78 is 12.6. The molecule has 0 aliphatic carbocycles. The molecule has 0 unspecified atom stereocenters. The Balaban J connectivity index is 1.47. The number of benzene rings is 2. The Kier molecular flexibility index (Phi) is 16.1. The first-order valence-electron chi connectivity index (χ1n) is 14.5. The second-order valence-corrected chi connectivity index (χ2v) is 12.4. The first-order chi connectivity index (χ1) is 20.5. The Bertz CT molecular complexity index is 1150. The lowest BCUT2D eigenvalue weighted by atomic mass is 10.0. The fourth-order valence-electron chi connectivity index (χ4n) is 3.85. The zero-order chi connectivity index (χ0) is 31.8. The Morgan fingerprint density at radius 3 is 1.28 bits per heavy atom. The van der Waals surface area contributed by atoms with E-state index < -0.39 is 11.8 Å². The smallest absolute Gasteiger partial charge is 0.276 e. The van der Waals surface area contributed by atoms with Crippen molar-refractivity contribution >= 4 is 55.5 Å². The Morgan fingerprint density at radius 1 is 0.581 bits per heavy atom. The number of carbonyl (C=O) groups is 4. The molecule has 0 aromatic heterocycles. The van der Waals surface area contributed by atoms with Crippen molar-refractivity contribution in [2.75, 3.05) is 13.2 Å². The van der Waals surface area contributed by atoms with Crippen LogP contribution in [0.4, 0.5) is 0 Å². The molecule has 0 bridgehead atoms. The molecule has 43 heavy (non-hydrogen) atoms. The number of carbonyl (C=O) groups excluding carboxylic acids is 4. The summed E-state index contributed by atoms with van der Waals surface area (Å²) in [7, 11) is 0. The summed E-state index contributed by atoms with van der Waals surface area (Å²) in [6, 6.07) is 11.4. The van der Waals surface area contributed by atoms with Gasteiger partial charge >= 0.3 is 0 Å². The summed E-state index contributed by atoms with van der Waals surface area (Å²) in [5, 5.41) is 0. The number of unbranched alkanes of at least 4 members (excludes halogenated alkanes) is 4. The maximum atomic E-state index is 12.0. The number of rotatable bonds is 16. The van der Waals surface area contributed by atoms with E-state index in [9.17, 15) is 19.2 Å². The van der Waals surface area contributed by atoms with Crippen molar-refractivity contribution < 1.29 is 28.7 Å². The van der Waals surface area contributed by atoms with Gasteiger partial charge in [0.2, 0.25) is 11.8 Å². The van der Waals surface area contributed by atoms with E-state index in [1.807, 2.05) is 24.3 Å². The molecule has 0 saturated carbocycles. The van der Waals surface area contributed by atoms with Gasteiger partial charge in [0.05, 0.1) is 8.95 Å². The van der Waals surface area contributed by atoms with Crippen molar-refractivity contribution in [3.8, 4) is 11.5 Å². The fraction of sp³-hybridized carbons (Fsp3) is 0.484. The maximum Gasteiger partial charge on any atom is 0.276 e. The number of nitrogens with one attached hydrogen (secondary N) is 4. The first-order valence-corrected chi connectivity index (χ1v) is 16.0. The molecule has 0 heterocycles. The van der Waals surface area contributed by atoms with E-state index in [2.05, 4.69) is 81.3 Å². The van der Waals surface area contributed by atoms with Crippen LogP contribution in [0, 0.1) is 0 Å². The largest absolute Gasteiger partial charge is 0.483 e. The molecule has 0 aliphatic heterocycles. The highest BCUT2D eigenvalue weighted by molar-refractivity contribution is 9.10. The second kappa shape index (κ2) is 19.2. The molecule has 12 heteroatoms. The zero-order valence-electron chi connectivity index (χ0n) is 25.2. The molecule has 0 atom stereocenters. The Morgan fingerprint density at radius 2 is 0.930 bits per heavy atom. The quantitative estimate of drug-likeness (QED) is 0.125. The van der Waals surface area contributed by atoms with Crippen LogP contribution in [0.2, 0.25) is 0 Å². The second-order valence-electron chi connectivity index (χ2n) is 10.7. The third-order valence-corrected chi connectivity index (χ3v) is 7.69. The van der Waals surface area contributed by atoms with Gasteiger partial charge in [-0.3, -0.25) is 40.9 Å². The molecule has 2 aromatic rings. The number of ether oxygens (including phenoxy) is 2. The van der Waals surface area contributed by atoms with Crippen molar-refractivity contribution in [2.24, 2.45) is 0 Å². The monoisotopic (exact) mass is 724 g/mol. The van der Waals surface area contributed by atoms with Gasteiger partial charge in [-0.05, 0) is 91.9 Å². The van der Waals surface area contributed by atoms with E-state index >= 15 is 0 Å². The van der Waals surface area contributed by atoms with Gasteiger partial charge in [-0.25, -0.2) is 0 Å². The van der Waals surface area contributed by atoms with Gasteiger partial charge in [-0.1, -0.05) is 59.1 Å². The Labute approximate surface area is 270 Å². The molecule has 4 N–H and O–H groups in total. The highest BCUT2D eigenvalue weighted by Gasteiger charge is 2.11. The minimum absolute atomic E-state index is 0.226. The molecule has 0 saturated heterocycles. The van der Waals surface area contributed by atoms with E-state index in [1.165, 1.54) is 0 Å². The highest BCUT2D eigenvalue weighted by Crippen LogP contribution is 2.29. The van der Waals surface area contributed by atoms with Gasteiger partial charge in [0, 0.05) is 12.8 Å². The van der Waals surface area contributed by atoms with Crippen LogP contribution in [0.1, 0.15) is 95.6 Å². The maximum absolute atomic E-state index is 12.0. The van der Waals surface area contributed by atoms with Crippen LogP contribution >= 0.6 is 31.9 Å². The van der Waals surface area contributed by atoms with Gasteiger partial charge < -0.3 is 9.47 Å². The van der Waals surface area contributed by atoms with E-state index in [4.69, 9.17) is 9.47 Å². The van der Waals surface area contributed by atoms with Crippen molar-refractivity contribution in [1.82, 2.24) is 21.7 Å². The Hall–Kier alpha value is -3.12. The average Bonchev–Trinajstić information content (AvgIpc) is 2.96. The van der Waals surface area contributed by atoms with Gasteiger partial charge in [-0.2, -0.15) is 0 Å². The summed E-state index contributed by atoms with van der Waals surface area (Å²) in [4.78, 5) is 48.0. The summed E-state index contributed by atoms with van der Waals surface area (Å²) in [6.45, 7) is 7.92. The third-order valence-electron chi connectivity index (χ3n) is 6.45. The van der Waals surface area contributed by atoms with Crippen LogP contribution < -0.4 is 31.2 Å². The molecular formula is C31H42Br2N4O6. The van der Waals surface area contributed by atoms with Crippen LogP contribution in [0.25, 0.3) is 0 Å². The molecule has 2 rings (SSSR count). The molecule has 2 aromatic carbocycles. The van der Waals surface area contributed by atoms with Gasteiger partial charge in [0.25, 0.3) is 11.8 Å². The summed E-state index contributed by atoms with van der Waals surface area (Å²) >= 11 is 6.90. The molecule has 0 fully saturated rings. The average molecular weight is 727 g/mol. The third kappa shape index (κ3) is 14.3. The van der Waals surface area contributed by atoms with E-state index in [0.29, 0.717) is 36.2 Å². The van der Waals surface area contributed by atoms with Crippen LogP contribution in [-0.2, 0) is 19.2 Å². The highest BCUT2D eigenvalue weighted by atomic mass is 79.9. The standard InChI is InChI=1S/C31H42Br2N4O6/c1-20(2)22-12-14-26(24(32)16-22)42-18-30(40)36-34-28(38)10-8-6-5-7-9-11-29(39)35-37-31(41)19-43-27-15-13-23(21(3)4)17-25(27)33/h12-17,20-21H,5-11,18-19H2,1-4H3,(H,34,38)(H,35,39)(H,36,40)(H,37,41).